The number of halogens is 2. The molecule has 1 rings (SSSR count). The molecule has 0 aliphatic heterocycles. The van der Waals surface area contributed by atoms with Crippen molar-refractivity contribution in [2.75, 3.05) is 13.0 Å². The summed E-state index contributed by atoms with van der Waals surface area (Å²) in [5.41, 5.74) is 1.04. The maximum atomic E-state index is 12.6. The van der Waals surface area contributed by atoms with E-state index >= 15 is 0 Å². The Morgan fingerprint density at radius 2 is 2.07 bits per heavy atom. The summed E-state index contributed by atoms with van der Waals surface area (Å²) < 4.78 is 17.1. The fraction of sp³-hybridized carbons (Fsp3) is 0.182. The van der Waals surface area contributed by atoms with Gasteiger partial charge in [-0.2, -0.15) is 0 Å². The van der Waals surface area contributed by atoms with E-state index < -0.39 is 5.97 Å². The first-order chi connectivity index (χ1) is 7.17. The van der Waals surface area contributed by atoms with E-state index in [1.165, 1.54) is 19.2 Å². The van der Waals surface area contributed by atoms with Gasteiger partial charge in [-0.3, -0.25) is 0 Å². The molecule has 15 heavy (non-hydrogen) atoms. The lowest BCUT2D eigenvalue weighted by Crippen LogP contribution is -2.05. The Hall–Kier alpha value is -1.35. The summed E-state index contributed by atoms with van der Waals surface area (Å²) in [4.78, 5) is 11.2. The zero-order chi connectivity index (χ0) is 11.3. The number of hydrogen-bond acceptors (Lipinski definition) is 2. The van der Waals surface area contributed by atoms with Crippen molar-refractivity contribution in [2.24, 2.45) is 0 Å². The predicted molar refractivity (Wildman–Crippen MR) is 57.1 cm³/mol. The van der Waals surface area contributed by atoms with Crippen LogP contribution in [0.25, 0.3) is 6.08 Å². The summed E-state index contributed by atoms with van der Waals surface area (Å²) in [5.74, 6) is -0.740. The molecule has 0 unspecified atom stereocenters. The van der Waals surface area contributed by atoms with Crippen LogP contribution in [0.1, 0.15) is 5.56 Å². The molecule has 80 valence electrons. The third-order valence-corrected chi connectivity index (χ3v) is 2.09. The van der Waals surface area contributed by atoms with Crippen molar-refractivity contribution in [2.45, 2.75) is 0 Å². The highest BCUT2D eigenvalue weighted by Crippen LogP contribution is 2.10. The second kappa shape index (κ2) is 5.51. The molecule has 0 aliphatic carbocycles. The number of esters is 1. The van der Waals surface area contributed by atoms with E-state index in [1.54, 1.807) is 18.2 Å². The largest absolute Gasteiger partial charge is 0.466 e. The highest BCUT2D eigenvalue weighted by atomic mass is 35.5. The lowest BCUT2D eigenvalue weighted by atomic mass is 10.1. The first kappa shape index (κ1) is 11.7. The summed E-state index contributed by atoms with van der Waals surface area (Å²) in [7, 11) is 1.29. The van der Waals surface area contributed by atoms with Crippen LogP contribution in [0.4, 0.5) is 4.39 Å². The normalized spacial score (nSPS) is 11.3. The van der Waals surface area contributed by atoms with Crippen molar-refractivity contribution in [3.8, 4) is 0 Å². The molecule has 0 aromatic heterocycles. The molecule has 1 aromatic carbocycles. The second-order valence-electron chi connectivity index (χ2n) is 2.85. The zero-order valence-electron chi connectivity index (χ0n) is 8.17. The fourth-order valence-electron chi connectivity index (χ4n) is 1.04. The SMILES string of the molecule is COC(=O)/C(=C/c1ccc(F)cc1)CCl. The van der Waals surface area contributed by atoms with Gasteiger partial charge in [-0.25, -0.2) is 9.18 Å². The Balaban J connectivity index is 2.93. The van der Waals surface area contributed by atoms with Crippen LogP contribution in [0.2, 0.25) is 0 Å². The van der Waals surface area contributed by atoms with Gasteiger partial charge in [-0.15, -0.1) is 11.6 Å². The van der Waals surface area contributed by atoms with Gasteiger partial charge in [0, 0.05) is 0 Å². The Kier molecular flexibility index (Phi) is 4.31. The maximum absolute atomic E-state index is 12.6. The van der Waals surface area contributed by atoms with Crippen LogP contribution in [0.5, 0.6) is 0 Å². The summed E-state index contributed by atoms with van der Waals surface area (Å²) in [5, 5.41) is 0. The minimum absolute atomic E-state index is 0.0596. The van der Waals surface area contributed by atoms with E-state index in [0.29, 0.717) is 11.1 Å². The van der Waals surface area contributed by atoms with Crippen LogP contribution in [0.15, 0.2) is 29.8 Å². The van der Waals surface area contributed by atoms with Gasteiger partial charge in [0.15, 0.2) is 0 Å². The van der Waals surface area contributed by atoms with Gasteiger partial charge >= 0.3 is 5.97 Å². The summed E-state index contributed by atoms with van der Waals surface area (Å²) >= 11 is 5.58. The first-order valence-electron chi connectivity index (χ1n) is 4.28. The number of carbonyl (C=O) groups excluding carboxylic acids is 1. The van der Waals surface area contributed by atoms with Crippen LogP contribution in [0.3, 0.4) is 0 Å². The molecule has 0 fully saturated rings. The molecular weight excluding hydrogens is 219 g/mol. The van der Waals surface area contributed by atoms with Crippen molar-refractivity contribution < 1.29 is 13.9 Å². The minimum Gasteiger partial charge on any atom is -0.466 e. The van der Waals surface area contributed by atoms with E-state index in [2.05, 4.69) is 4.74 Å². The monoisotopic (exact) mass is 228 g/mol. The number of carbonyl (C=O) groups is 1. The summed E-state index contributed by atoms with van der Waals surface area (Å²) in [6.45, 7) is 0. The summed E-state index contributed by atoms with van der Waals surface area (Å²) in [6, 6.07) is 5.75. The van der Waals surface area contributed by atoms with Crippen molar-refractivity contribution in [3.63, 3.8) is 0 Å². The molecule has 2 nitrogen and oxygen atoms in total. The molecule has 0 spiro atoms. The zero-order valence-corrected chi connectivity index (χ0v) is 8.92. The number of hydrogen-bond donors (Lipinski definition) is 0. The molecule has 0 aliphatic rings. The smallest absolute Gasteiger partial charge is 0.334 e. The quantitative estimate of drug-likeness (QED) is 0.452. The predicted octanol–water partition coefficient (Wildman–Crippen LogP) is 2.62. The first-order valence-corrected chi connectivity index (χ1v) is 4.81. The Morgan fingerprint density at radius 1 is 1.47 bits per heavy atom. The Bertz CT molecular complexity index is 371. The number of alkyl halides is 1. The molecule has 0 heterocycles. The standard InChI is InChI=1S/C11H10ClFO2/c1-15-11(14)9(7-12)6-8-2-4-10(13)5-3-8/h2-6H,7H2,1H3/b9-6+. The fourth-order valence-corrected chi connectivity index (χ4v) is 1.23. The van der Waals surface area contributed by atoms with Gasteiger partial charge in [-0.1, -0.05) is 12.1 Å². The molecule has 1 aromatic rings. The number of methoxy groups -OCH3 is 1. The molecule has 0 bridgehead atoms. The molecule has 0 amide bonds. The molecule has 0 atom stereocenters. The van der Waals surface area contributed by atoms with Gasteiger partial charge < -0.3 is 4.74 Å². The number of rotatable bonds is 3. The highest BCUT2D eigenvalue weighted by Gasteiger charge is 2.07. The van der Waals surface area contributed by atoms with Crippen LogP contribution in [-0.2, 0) is 9.53 Å². The van der Waals surface area contributed by atoms with E-state index in [0.717, 1.165) is 0 Å². The van der Waals surface area contributed by atoms with Crippen LogP contribution in [0, 0.1) is 5.82 Å². The molecule has 0 radical (unpaired) electrons. The van der Waals surface area contributed by atoms with Crippen molar-refractivity contribution >= 4 is 23.6 Å². The average Bonchev–Trinajstić information content (AvgIpc) is 2.27. The third-order valence-electron chi connectivity index (χ3n) is 1.80. The molecule has 0 saturated heterocycles. The van der Waals surface area contributed by atoms with Crippen molar-refractivity contribution in [1.82, 2.24) is 0 Å². The second-order valence-corrected chi connectivity index (χ2v) is 3.11. The van der Waals surface area contributed by atoms with Gasteiger partial charge in [0.25, 0.3) is 0 Å². The minimum atomic E-state index is -0.477. The highest BCUT2D eigenvalue weighted by molar-refractivity contribution is 6.23. The molecular formula is C11H10ClFO2. The molecule has 4 heteroatoms. The number of benzene rings is 1. The van der Waals surface area contributed by atoms with Gasteiger partial charge in [0.05, 0.1) is 18.6 Å². The van der Waals surface area contributed by atoms with Gasteiger partial charge in [0.2, 0.25) is 0 Å². The van der Waals surface area contributed by atoms with Gasteiger partial charge in [0.1, 0.15) is 5.82 Å². The Labute approximate surface area is 92.3 Å². The van der Waals surface area contributed by atoms with Gasteiger partial charge in [-0.05, 0) is 23.8 Å². The number of ether oxygens (including phenoxy) is 1. The van der Waals surface area contributed by atoms with Crippen molar-refractivity contribution in [3.05, 3.63) is 41.2 Å². The lowest BCUT2D eigenvalue weighted by molar-refractivity contribution is -0.135. The average molecular weight is 229 g/mol. The van der Waals surface area contributed by atoms with E-state index in [9.17, 15) is 9.18 Å². The molecule has 0 saturated carbocycles. The van der Waals surface area contributed by atoms with E-state index in [-0.39, 0.29) is 11.7 Å². The maximum Gasteiger partial charge on any atom is 0.334 e. The van der Waals surface area contributed by atoms with Crippen LogP contribution >= 0.6 is 11.6 Å². The van der Waals surface area contributed by atoms with E-state index in [1.807, 2.05) is 0 Å². The van der Waals surface area contributed by atoms with Crippen LogP contribution in [-0.4, -0.2) is 19.0 Å². The summed E-state index contributed by atoms with van der Waals surface area (Å²) in [6.07, 6.45) is 1.57. The molecule has 0 N–H and O–H groups in total. The van der Waals surface area contributed by atoms with Crippen LogP contribution < -0.4 is 0 Å². The van der Waals surface area contributed by atoms with E-state index in [4.69, 9.17) is 11.6 Å². The Morgan fingerprint density at radius 3 is 2.53 bits per heavy atom. The lowest BCUT2D eigenvalue weighted by Gasteiger charge is -2.01. The topological polar surface area (TPSA) is 26.3 Å². The van der Waals surface area contributed by atoms with Crippen molar-refractivity contribution in [1.29, 1.82) is 0 Å². The third kappa shape index (κ3) is 3.36.